The average molecular weight is 276 g/mol. The van der Waals surface area contributed by atoms with E-state index in [-0.39, 0.29) is 11.2 Å². The molecule has 0 spiro atoms. The topological polar surface area (TPSA) is 55.6 Å². The summed E-state index contributed by atoms with van der Waals surface area (Å²) >= 11 is 0. The largest absolute Gasteiger partial charge is 0.378 e. The fraction of sp³-hybridized carbons (Fsp3) is 0.562. The Morgan fingerprint density at radius 3 is 2.40 bits per heavy atom. The third kappa shape index (κ3) is 3.81. The van der Waals surface area contributed by atoms with Gasteiger partial charge in [0, 0.05) is 30.8 Å². The third-order valence-electron chi connectivity index (χ3n) is 3.76. The van der Waals surface area contributed by atoms with Gasteiger partial charge in [0.25, 0.3) is 0 Å². The molecule has 0 saturated carbocycles. The molecule has 20 heavy (non-hydrogen) atoms. The Bertz CT molecular complexity index is 448. The lowest BCUT2D eigenvalue weighted by Crippen LogP contribution is -2.36. The summed E-state index contributed by atoms with van der Waals surface area (Å²) in [7, 11) is 0. The standard InChI is InChI=1S/C16H24N2O2/c1-16(2,12-17)11-15(19)13-3-5-14(6-4-13)18-7-9-20-10-8-18/h3-6H,7-12,17H2,1-2H3. The van der Waals surface area contributed by atoms with Crippen LogP contribution >= 0.6 is 0 Å². The lowest BCUT2D eigenvalue weighted by Gasteiger charge is -2.29. The van der Waals surface area contributed by atoms with E-state index in [0.717, 1.165) is 37.6 Å². The molecule has 1 fully saturated rings. The van der Waals surface area contributed by atoms with Gasteiger partial charge in [0.1, 0.15) is 0 Å². The summed E-state index contributed by atoms with van der Waals surface area (Å²) in [5, 5.41) is 0. The Morgan fingerprint density at radius 1 is 1.25 bits per heavy atom. The molecule has 2 N–H and O–H groups in total. The predicted octanol–water partition coefficient (Wildman–Crippen LogP) is 2.08. The number of ether oxygens (including phenoxy) is 1. The number of anilines is 1. The second-order valence-electron chi connectivity index (χ2n) is 6.11. The molecule has 0 unspecified atom stereocenters. The van der Waals surface area contributed by atoms with E-state index in [9.17, 15) is 4.79 Å². The molecule has 1 aliphatic rings. The second kappa shape index (κ2) is 6.37. The maximum atomic E-state index is 12.2. The zero-order valence-electron chi connectivity index (χ0n) is 12.4. The van der Waals surface area contributed by atoms with Gasteiger partial charge in [-0.1, -0.05) is 13.8 Å². The van der Waals surface area contributed by atoms with E-state index in [2.05, 4.69) is 4.90 Å². The number of hydrogen-bond acceptors (Lipinski definition) is 4. The molecule has 110 valence electrons. The molecule has 0 radical (unpaired) electrons. The van der Waals surface area contributed by atoms with Crippen LogP contribution in [0.1, 0.15) is 30.6 Å². The summed E-state index contributed by atoms with van der Waals surface area (Å²) in [4.78, 5) is 14.5. The van der Waals surface area contributed by atoms with Gasteiger partial charge >= 0.3 is 0 Å². The minimum atomic E-state index is -0.139. The molecule has 0 bridgehead atoms. The number of ketones is 1. The molecule has 0 aromatic heterocycles. The maximum Gasteiger partial charge on any atom is 0.163 e. The molecule has 4 heteroatoms. The van der Waals surface area contributed by atoms with Gasteiger partial charge in [-0.2, -0.15) is 0 Å². The highest BCUT2D eigenvalue weighted by Gasteiger charge is 2.21. The summed E-state index contributed by atoms with van der Waals surface area (Å²) in [6.45, 7) is 7.92. The SMILES string of the molecule is CC(C)(CN)CC(=O)c1ccc(N2CCOCC2)cc1. The van der Waals surface area contributed by atoms with E-state index in [0.29, 0.717) is 13.0 Å². The molecular weight excluding hydrogens is 252 g/mol. The van der Waals surface area contributed by atoms with Crippen LogP contribution in [0.5, 0.6) is 0 Å². The minimum Gasteiger partial charge on any atom is -0.378 e. The van der Waals surface area contributed by atoms with E-state index < -0.39 is 0 Å². The highest BCUT2D eigenvalue weighted by Crippen LogP contribution is 2.23. The monoisotopic (exact) mass is 276 g/mol. The van der Waals surface area contributed by atoms with Gasteiger partial charge in [-0.25, -0.2) is 0 Å². The molecule has 1 aromatic carbocycles. The minimum absolute atomic E-state index is 0.139. The first-order chi connectivity index (χ1) is 9.52. The van der Waals surface area contributed by atoms with Crippen molar-refractivity contribution in [1.29, 1.82) is 0 Å². The van der Waals surface area contributed by atoms with Gasteiger partial charge in [0.05, 0.1) is 13.2 Å². The van der Waals surface area contributed by atoms with E-state index in [1.54, 1.807) is 0 Å². The van der Waals surface area contributed by atoms with Crippen molar-refractivity contribution in [3.05, 3.63) is 29.8 Å². The maximum absolute atomic E-state index is 12.2. The summed E-state index contributed by atoms with van der Waals surface area (Å²) in [5.41, 5.74) is 7.47. The first kappa shape index (κ1) is 15.0. The smallest absolute Gasteiger partial charge is 0.163 e. The summed E-state index contributed by atoms with van der Waals surface area (Å²) in [5.74, 6) is 0.161. The van der Waals surface area contributed by atoms with Crippen LogP contribution in [0.25, 0.3) is 0 Å². The fourth-order valence-corrected chi connectivity index (χ4v) is 2.29. The van der Waals surface area contributed by atoms with Crippen LogP contribution in [0.15, 0.2) is 24.3 Å². The lowest BCUT2D eigenvalue weighted by atomic mass is 9.86. The van der Waals surface area contributed by atoms with Crippen molar-refractivity contribution in [2.45, 2.75) is 20.3 Å². The summed E-state index contributed by atoms with van der Waals surface area (Å²) in [6, 6.07) is 7.88. The van der Waals surface area contributed by atoms with Crippen molar-refractivity contribution in [3.63, 3.8) is 0 Å². The number of morpholine rings is 1. The predicted molar refractivity (Wildman–Crippen MR) is 81.3 cm³/mol. The van der Waals surface area contributed by atoms with Crippen LogP contribution in [0.4, 0.5) is 5.69 Å². The van der Waals surface area contributed by atoms with Gasteiger partial charge < -0.3 is 15.4 Å². The van der Waals surface area contributed by atoms with Crippen molar-refractivity contribution in [3.8, 4) is 0 Å². The molecule has 0 atom stereocenters. The number of Topliss-reactive ketones (excluding diaryl/α,β-unsaturated/α-hetero) is 1. The van der Waals surface area contributed by atoms with Crippen molar-refractivity contribution < 1.29 is 9.53 Å². The van der Waals surface area contributed by atoms with Crippen molar-refractivity contribution in [1.82, 2.24) is 0 Å². The number of hydrogen-bond donors (Lipinski definition) is 1. The Labute approximate surface area is 120 Å². The second-order valence-corrected chi connectivity index (χ2v) is 6.11. The van der Waals surface area contributed by atoms with Gasteiger partial charge in [-0.15, -0.1) is 0 Å². The number of carbonyl (C=O) groups excluding carboxylic acids is 1. The molecular formula is C16H24N2O2. The number of rotatable bonds is 5. The van der Waals surface area contributed by atoms with Crippen LogP contribution in [0.3, 0.4) is 0 Å². The molecule has 1 heterocycles. The summed E-state index contributed by atoms with van der Waals surface area (Å²) in [6.07, 6.45) is 0.487. The summed E-state index contributed by atoms with van der Waals surface area (Å²) < 4.78 is 5.34. The number of nitrogens with two attached hydrogens (primary N) is 1. The van der Waals surface area contributed by atoms with Gasteiger partial charge in [0.2, 0.25) is 0 Å². The number of carbonyl (C=O) groups is 1. The molecule has 1 aromatic rings. The normalized spacial score (nSPS) is 16.2. The molecule has 2 rings (SSSR count). The molecule has 1 saturated heterocycles. The van der Waals surface area contributed by atoms with Crippen LogP contribution in [0, 0.1) is 5.41 Å². The van der Waals surface area contributed by atoms with Crippen molar-refractivity contribution >= 4 is 11.5 Å². The molecule has 0 amide bonds. The highest BCUT2D eigenvalue weighted by atomic mass is 16.5. The van der Waals surface area contributed by atoms with Gasteiger partial charge in [-0.3, -0.25) is 4.79 Å². The first-order valence-corrected chi connectivity index (χ1v) is 7.18. The average Bonchev–Trinajstić information content (AvgIpc) is 2.48. The lowest BCUT2D eigenvalue weighted by molar-refractivity contribution is 0.0935. The quantitative estimate of drug-likeness (QED) is 0.837. The fourth-order valence-electron chi connectivity index (χ4n) is 2.29. The van der Waals surface area contributed by atoms with Gasteiger partial charge in [0.15, 0.2) is 5.78 Å². The van der Waals surface area contributed by atoms with Crippen LogP contribution in [0.2, 0.25) is 0 Å². The number of benzene rings is 1. The van der Waals surface area contributed by atoms with Crippen molar-refractivity contribution in [2.24, 2.45) is 11.1 Å². The first-order valence-electron chi connectivity index (χ1n) is 7.18. The van der Waals surface area contributed by atoms with E-state index in [4.69, 9.17) is 10.5 Å². The van der Waals surface area contributed by atoms with E-state index in [1.807, 2.05) is 38.1 Å². The van der Waals surface area contributed by atoms with Crippen LogP contribution in [-0.4, -0.2) is 38.6 Å². The Balaban J connectivity index is 2.02. The highest BCUT2D eigenvalue weighted by molar-refractivity contribution is 5.96. The van der Waals surface area contributed by atoms with Gasteiger partial charge in [-0.05, 0) is 36.2 Å². The zero-order valence-corrected chi connectivity index (χ0v) is 12.4. The van der Waals surface area contributed by atoms with Crippen LogP contribution in [-0.2, 0) is 4.74 Å². The Morgan fingerprint density at radius 2 is 1.85 bits per heavy atom. The molecule has 0 aliphatic carbocycles. The molecule has 1 aliphatic heterocycles. The Kier molecular flexibility index (Phi) is 4.78. The number of nitrogens with zero attached hydrogens (tertiary/aromatic N) is 1. The van der Waals surface area contributed by atoms with Crippen LogP contribution < -0.4 is 10.6 Å². The van der Waals surface area contributed by atoms with Crippen molar-refractivity contribution in [2.75, 3.05) is 37.7 Å². The zero-order chi connectivity index (χ0) is 14.6. The van der Waals surface area contributed by atoms with E-state index in [1.165, 1.54) is 0 Å². The Hall–Kier alpha value is -1.39. The third-order valence-corrected chi connectivity index (χ3v) is 3.76. The molecule has 4 nitrogen and oxygen atoms in total. The van der Waals surface area contributed by atoms with E-state index >= 15 is 0 Å².